The van der Waals surface area contributed by atoms with Crippen LogP contribution in [0.2, 0.25) is 0 Å². The Morgan fingerprint density at radius 2 is 1.79 bits per heavy atom. The average Bonchev–Trinajstić information content (AvgIpc) is 2.52. The van der Waals surface area contributed by atoms with Gasteiger partial charge in [-0.05, 0) is 91.7 Å². The van der Waals surface area contributed by atoms with Crippen molar-refractivity contribution in [2.24, 2.45) is 23.2 Å². The molecule has 0 amide bonds. The van der Waals surface area contributed by atoms with E-state index in [0.717, 1.165) is 29.9 Å². The van der Waals surface area contributed by atoms with Crippen LogP contribution in [0, 0.1) is 23.2 Å². The topological polar surface area (TPSA) is 26.3 Å². The van der Waals surface area contributed by atoms with Gasteiger partial charge in [0.05, 0.1) is 6.42 Å². The number of ether oxygens (including phenoxy) is 1. The zero-order chi connectivity index (χ0) is 16.7. The maximum Gasteiger partial charge on any atom is 0.311 e. The molecule has 0 radical (unpaired) electrons. The molecule has 4 aliphatic carbocycles. The van der Waals surface area contributed by atoms with E-state index in [9.17, 15) is 4.79 Å². The van der Waals surface area contributed by atoms with Crippen molar-refractivity contribution >= 4 is 5.97 Å². The lowest BCUT2D eigenvalue weighted by molar-refractivity contribution is -0.142. The first-order chi connectivity index (χ1) is 11.5. The Labute approximate surface area is 146 Å². The van der Waals surface area contributed by atoms with Crippen LogP contribution in [-0.2, 0) is 4.79 Å². The lowest BCUT2D eigenvalue weighted by Gasteiger charge is -2.56. The predicted octanol–water partition coefficient (Wildman–Crippen LogP) is 5.71. The minimum atomic E-state index is -0.0155. The third-order valence-electron chi connectivity index (χ3n) is 6.96. The third-order valence-corrected chi connectivity index (χ3v) is 6.96. The van der Waals surface area contributed by atoms with E-state index in [2.05, 4.69) is 19.9 Å². The maximum absolute atomic E-state index is 12.6. The Kier molecular flexibility index (Phi) is 4.18. The van der Waals surface area contributed by atoms with E-state index in [1.807, 2.05) is 18.2 Å². The van der Waals surface area contributed by atoms with Gasteiger partial charge in [-0.15, -0.1) is 0 Å². The summed E-state index contributed by atoms with van der Waals surface area (Å²) in [5.74, 6) is 3.88. The first kappa shape index (κ1) is 16.2. The molecule has 0 aliphatic heterocycles. The Balaban J connectivity index is 1.42. The summed E-state index contributed by atoms with van der Waals surface area (Å²) in [6.07, 6.45) is 9.79. The van der Waals surface area contributed by atoms with Crippen LogP contribution in [0.3, 0.4) is 0 Å². The van der Waals surface area contributed by atoms with Gasteiger partial charge < -0.3 is 4.74 Å². The molecule has 0 N–H and O–H groups in total. The smallest absolute Gasteiger partial charge is 0.311 e. The fourth-order valence-corrected chi connectivity index (χ4v) is 6.10. The second kappa shape index (κ2) is 6.20. The van der Waals surface area contributed by atoms with Crippen LogP contribution in [-0.4, -0.2) is 5.97 Å². The second-order valence-electron chi connectivity index (χ2n) is 8.95. The van der Waals surface area contributed by atoms with E-state index in [1.54, 1.807) is 0 Å². The first-order valence-corrected chi connectivity index (χ1v) is 9.86. The largest absolute Gasteiger partial charge is 0.427 e. The molecule has 4 saturated carbocycles. The number of carbonyl (C=O) groups is 1. The van der Waals surface area contributed by atoms with Gasteiger partial charge in [0, 0.05) is 0 Å². The van der Waals surface area contributed by atoms with Gasteiger partial charge >= 0.3 is 5.97 Å². The number of hydrogen-bond acceptors (Lipinski definition) is 2. The van der Waals surface area contributed by atoms with Gasteiger partial charge in [0.25, 0.3) is 0 Å². The highest BCUT2D eigenvalue weighted by Gasteiger charge is 2.51. The van der Waals surface area contributed by atoms with Crippen LogP contribution in [0.5, 0.6) is 5.75 Å². The summed E-state index contributed by atoms with van der Waals surface area (Å²) in [6, 6.07) is 8.11. The number of hydrogen-bond donors (Lipinski definition) is 0. The molecule has 0 spiro atoms. The van der Waals surface area contributed by atoms with Crippen LogP contribution in [0.1, 0.15) is 76.7 Å². The van der Waals surface area contributed by atoms with Crippen molar-refractivity contribution in [1.82, 2.24) is 0 Å². The van der Waals surface area contributed by atoms with Crippen molar-refractivity contribution in [2.45, 2.75) is 71.1 Å². The quantitative estimate of drug-likeness (QED) is 0.511. The maximum atomic E-state index is 12.6. The standard InChI is InChI=1S/C22H30O2/c1-3-15(2)19-5-4-6-20(10-19)24-21(23)14-22-11-16-7-17(12-22)9-18(8-16)13-22/h4-6,10,15-18H,3,7-9,11-14H2,1-2H3. The molecule has 24 heavy (non-hydrogen) atoms. The molecule has 2 heteroatoms. The summed E-state index contributed by atoms with van der Waals surface area (Å²) in [5, 5.41) is 0. The Hall–Kier alpha value is -1.31. The van der Waals surface area contributed by atoms with Crippen LogP contribution in [0.15, 0.2) is 24.3 Å². The molecule has 2 nitrogen and oxygen atoms in total. The Morgan fingerprint density at radius 3 is 2.38 bits per heavy atom. The molecule has 1 atom stereocenters. The van der Waals surface area contributed by atoms with Gasteiger partial charge in [0.15, 0.2) is 0 Å². The van der Waals surface area contributed by atoms with Crippen LogP contribution >= 0.6 is 0 Å². The average molecular weight is 326 g/mol. The molecule has 1 aromatic carbocycles. The van der Waals surface area contributed by atoms with E-state index in [-0.39, 0.29) is 11.4 Å². The highest BCUT2D eigenvalue weighted by atomic mass is 16.5. The molecule has 0 saturated heterocycles. The van der Waals surface area contributed by atoms with E-state index in [0.29, 0.717) is 12.3 Å². The molecule has 1 aromatic rings. The van der Waals surface area contributed by atoms with Gasteiger partial charge in [0.1, 0.15) is 5.75 Å². The SMILES string of the molecule is CCC(C)c1cccc(OC(=O)CC23CC4CC(CC(C4)C2)C3)c1. The first-order valence-electron chi connectivity index (χ1n) is 9.86. The summed E-state index contributed by atoms with van der Waals surface area (Å²) in [4.78, 5) is 12.6. The van der Waals surface area contributed by atoms with Gasteiger partial charge in [-0.1, -0.05) is 26.0 Å². The van der Waals surface area contributed by atoms with Crippen molar-refractivity contribution in [2.75, 3.05) is 0 Å². The van der Waals surface area contributed by atoms with E-state index in [4.69, 9.17) is 4.74 Å². The third kappa shape index (κ3) is 3.12. The van der Waals surface area contributed by atoms with Gasteiger partial charge in [0.2, 0.25) is 0 Å². The molecule has 5 rings (SSSR count). The molecule has 0 heterocycles. The minimum Gasteiger partial charge on any atom is -0.427 e. The molecule has 1 unspecified atom stereocenters. The molecule has 4 fully saturated rings. The highest BCUT2D eigenvalue weighted by molar-refractivity contribution is 5.73. The van der Waals surface area contributed by atoms with Crippen molar-refractivity contribution < 1.29 is 9.53 Å². The van der Waals surface area contributed by atoms with Gasteiger partial charge in [-0.25, -0.2) is 0 Å². The molecule has 130 valence electrons. The molecule has 4 aliphatic rings. The lowest BCUT2D eigenvalue weighted by Crippen LogP contribution is -2.47. The van der Waals surface area contributed by atoms with Crippen LogP contribution in [0.25, 0.3) is 0 Å². The highest BCUT2D eigenvalue weighted by Crippen LogP contribution is 2.61. The summed E-state index contributed by atoms with van der Waals surface area (Å²) >= 11 is 0. The van der Waals surface area contributed by atoms with E-state index < -0.39 is 0 Å². The number of esters is 1. The lowest BCUT2D eigenvalue weighted by atomic mass is 9.49. The second-order valence-corrected chi connectivity index (χ2v) is 8.95. The van der Waals surface area contributed by atoms with E-state index in [1.165, 1.54) is 44.1 Å². The zero-order valence-corrected chi connectivity index (χ0v) is 15.1. The monoisotopic (exact) mass is 326 g/mol. The van der Waals surface area contributed by atoms with Crippen molar-refractivity contribution in [3.05, 3.63) is 29.8 Å². The Bertz CT molecular complexity index is 583. The normalized spacial score (nSPS) is 35.0. The summed E-state index contributed by atoms with van der Waals surface area (Å²) < 4.78 is 5.75. The van der Waals surface area contributed by atoms with Crippen molar-refractivity contribution in [3.63, 3.8) is 0 Å². The summed E-state index contributed by atoms with van der Waals surface area (Å²) in [6.45, 7) is 4.41. The summed E-state index contributed by atoms with van der Waals surface area (Å²) in [5.41, 5.74) is 1.53. The molecular formula is C22H30O2. The Morgan fingerprint density at radius 1 is 1.17 bits per heavy atom. The fraction of sp³-hybridized carbons (Fsp3) is 0.682. The zero-order valence-electron chi connectivity index (χ0n) is 15.1. The number of rotatable bonds is 5. The van der Waals surface area contributed by atoms with Gasteiger partial charge in [-0.2, -0.15) is 0 Å². The van der Waals surface area contributed by atoms with Crippen LogP contribution in [0.4, 0.5) is 0 Å². The summed E-state index contributed by atoms with van der Waals surface area (Å²) in [7, 11) is 0. The number of benzene rings is 1. The fourth-order valence-electron chi connectivity index (χ4n) is 6.10. The van der Waals surface area contributed by atoms with E-state index >= 15 is 0 Å². The van der Waals surface area contributed by atoms with Crippen molar-refractivity contribution in [1.29, 1.82) is 0 Å². The minimum absolute atomic E-state index is 0.0155. The molecular weight excluding hydrogens is 296 g/mol. The number of carbonyl (C=O) groups excluding carboxylic acids is 1. The molecule has 4 bridgehead atoms. The predicted molar refractivity (Wildman–Crippen MR) is 96.0 cm³/mol. The van der Waals surface area contributed by atoms with Crippen molar-refractivity contribution in [3.8, 4) is 5.75 Å². The molecule has 0 aromatic heterocycles. The van der Waals surface area contributed by atoms with Gasteiger partial charge in [-0.3, -0.25) is 4.79 Å². The van der Waals surface area contributed by atoms with Crippen LogP contribution < -0.4 is 4.74 Å².